The van der Waals surface area contributed by atoms with Gasteiger partial charge < -0.3 is 0 Å². The van der Waals surface area contributed by atoms with Crippen molar-refractivity contribution in [3.05, 3.63) is 42.0 Å². The molecule has 1 aliphatic carbocycles. The third-order valence-electron chi connectivity index (χ3n) is 3.22. The molecule has 1 fully saturated rings. The molecule has 0 spiro atoms. The number of rotatable bonds is 2. The Kier molecular flexibility index (Phi) is 2.72. The van der Waals surface area contributed by atoms with Crippen LogP contribution in [0.2, 0.25) is 0 Å². The van der Waals surface area contributed by atoms with E-state index in [-0.39, 0.29) is 0 Å². The lowest BCUT2D eigenvalue weighted by Crippen LogP contribution is -2.05. The van der Waals surface area contributed by atoms with Crippen molar-refractivity contribution in [3.63, 3.8) is 0 Å². The highest BCUT2D eigenvalue weighted by atomic mass is 14.3. The maximum absolute atomic E-state index is 2.40. The highest BCUT2D eigenvalue weighted by molar-refractivity contribution is 5.49. The summed E-state index contributed by atoms with van der Waals surface area (Å²) in [6.45, 7) is 2.37. The zero-order valence-corrected chi connectivity index (χ0v) is 8.87. The highest BCUT2D eigenvalue weighted by Gasteiger charge is 2.25. The van der Waals surface area contributed by atoms with Gasteiger partial charge in [-0.15, -0.1) is 0 Å². The smallest absolute Gasteiger partial charge is 0.0143 e. The molecule has 1 aromatic rings. The fourth-order valence-electron chi connectivity index (χ4n) is 2.21. The van der Waals surface area contributed by atoms with E-state index in [0.717, 1.165) is 0 Å². The third-order valence-corrected chi connectivity index (χ3v) is 3.22. The molecule has 0 bridgehead atoms. The summed E-state index contributed by atoms with van der Waals surface area (Å²) in [4.78, 5) is 0. The molecule has 0 N–H and O–H groups in total. The summed E-state index contributed by atoms with van der Waals surface area (Å²) in [6.07, 6.45) is 10.2. The van der Waals surface area contributed by atoms with Gasteiger partial charge in [0.05, 0.1) is 0 Å². The van der Waals surface area contributed by atoms with Crippen molar-refractivity contribution in [2.45, 2.75) is 32.6 Å². The van der Waals surface area contributed by atoms with Crippen LogP contribution in [-0.2, 0) is 0 Å². The lowest BCUT2D eigenvalue weighted by atomic mass is 9.88. The SMILES string of the molecule is CC1(C=Cc2ccccc2)CCCC1. The lowest BCUT2D eigenvalue weighted by molar-refractivity contribution is 0.448. The van der Waals surface area contributed by atoms with Gasteiger partial charge in [-0.05, 0) is 23.8 Å². The summed E-state index contributed by atoms with van der Waals surface area (Å²) in [5.74, 6) is 0. The van der Waals surface area contributed by atoms with Crippen molar-refractivity contribution in [2.75, 3.05) is 0 Å². The molecular weight excluding hydrogens is 168 g/mol. The van der Waals surface area contributed by atoms with Gasteiger partial charge in [-0.25, -0.2) is 0 Å². The van der Waals surface area contributed by atoms with Crippen molar-refractivity contribution >= 4 is 6.08 Å². The van der Waals surface area contributed by atoms with Crippen LogP contribution in [0.3, 0.4) is 0 Å². The summed E-state index contributed by atoms with van der Waals surface area (Å²) in [5, 5.41) is 0. The molecule has 0 nitrogen and oxygen atoms in total. The van der Waals surface area contributed by atoms with Crippen LogP contribution in [0.4, 0.5) is 0 Å². The van der Waals surface area contributed by atoms with E-state index in [2.05, 4.69) is 49.4 Å². The van der Waals surface area contributed by atoms with Crippen LogP contribution in [0.5, 0.6) is 0 Å². The van der Waals surface area contributed by atoms with Gasteiger partial charge in [-0.1, -0.05) is 62.2 Å². The average Bonchev–Trinajstić information content (AvgIpc) is 2.65. The molecule has 0 heteroatoms. The van der Waals surface area contributed by atoms with E-state index in [1.165, 1.54) is 31.2 Å². The molecule has 0 aromatic heterocycles. The zero-order valence-electron chi connectivity index (χ0n) is 8.87. The van der Waals surface area contributed by atoms with Gasteiger partial charge in [-0.3, -0.25) is 0 Å². The number of allylic oxidation sites excluding steroid dienone is 1. The molecule has 14 heavy (non-hydrogen) atoms. The van der Waals surface area contributed by atoms with Crippen molar-refractivity contribution < 1.29 is 0 Å². The van der Waals surface area contributed by atoms with E-state index in [4.69, 9.17) is 0 Å². The Labute approximate surface area is 86.7 Å². The molecule has 0 radical (unpaired) electrons. The summed E-state index contributed by atoms with van der Waals surface area (Å²) in [7, 11) is 0. The fourth-order valence-corrected chi connectivity index (χ4v) is 2.21. The molecule has 0 aliphatic heterocycles. The monoisotopic (exact) mass is 186 g/mol. The minimum absolute atomic E-state index is 0.468. The molecule has 1 aliphatic rings. The Bertz CT molecular complexity index is 302. The Morgan fingerprint density at radius 2 is 1.71 bits per heavy atom. The zero-order chi connectivity index (χ0) is 9.86. The molecular formula is C14H18. The summed E-state index contributed by atoms with van der Waals surface area (Å²) >= 11 is 0. The van der Waals surface area contributed by atoms with Gasteiger partial charge in [0.25, 0.3) is 0 Å². The van der Waals surface area contributed by atoms with Crippen LogP contribution in [0.25, 0.3) is 6.08 Å². The normalized spacial score (nSPS) is 20.4. The summed E-state index contributed by atoms with van der Waals surface area (Å²) < 4.78 is 0. The van der Waals surface area contributed by atoms with Crippen molar-refractivity contribution in [3.8, 4) is 0 Å². The topological polar surface area (TPSA) is 0 Å². The summed E-state index contributed by atoms with van der Waals surface area (Å²) in [6, 6.07) is 10.6. The lowest BCUT2D eigenvalue weighted by Gasteiger charge is -2.17. The van der Waals surface area contributed by atoms with E-state index < -0.39 is 0 Å². The quantitative estimate of drug-likeness (QED) is 0.646. The van der Waals surface area contributed by atoms with Crippen LogP contribution in [0, 0.1) is 5.41 Å². The van der Waals surface area contributed by atoms with E-state index in [1.807, 2.05) is 0 Å². The molecule has 2 rings (SSSR count). The molecule has 0 saturated heterocycles. The van der Waals surface area contributed by atoms with Crippen LogP contribution < -0.4 is 0 Å². The van der Waals surface area contributed by atoms with Gasteiger partial charge in [0.15, 0.2) is 0 Å². The molecule has 1 saturated carbocycles. The molecule has 1 aromatic carbocycles. The number of hydrogen-bond acceptors (Lipinski definition) is 0. The fraction of sp³-hybridized carbons (Fsp3) is 0.429. The molecule has 74 valence electrons. The van der Waals surface area contributed by atoms with Gasteiger partial charge >= 0.3 is 0 Å². The Morgan fingerprint density at radius 3 is 2.36 bits per heavy atom. The Hall–Kier alpha value is -1.04. The van der Waals surface area contributed by atoms with Crippen molar-refractivity contribution in [1.82, 2.24) is 0 Å². The predicted octanol–water partition coefficient (Wildman–Crippen LogP) is 4.28. The first-order valence-corrected chi connectivity index (χ1v) is 5.53. The maximum atomic E-state index is 2.40. The van der Waals surface area contributed by atoms with Gasteiger partial charge in [0.2, 0.25) is 0 Å². The van der Waals surface area contributed by atoms with E-state index in [9.17, 15) is 0 Å². The van der Waals surface area contributed by atoms with Gasteiger partial charge in [0.1, 0.15) is 0 Å². The van der Waals surface area contributed by atoms with Gasteiger partial charge in [0, 0.05) is 0 Å². The highest BCUT2D eigenvalue weighted by Crippen LogP contribution is 2.39. The van der Waals surface area contributed by atoms with E-state index in [0.29, 0.717) is 5.41 Å². The second kappa shape index (κ2) is 4.00. The predicted molar refractivity (Wildman–Crippen MR) is 62.1 cm³/mol. The standard InChI is InChI=1S/C14H18/c1-14(10-5-6-11-14)12-9-13-7-3-2-4-8-13/h2-4,7-9,12H,5-6,10-11H2,1H3. The molecule has 0 amide bonds. The first-order valence-electron chi connectivity index (χ1n) is 5.53. The number of hydrogen-bond donors (Lipinski definition) is 0. The summed E-state index contributed by atoms with van der Waals surface area (Å²) in [5.41, 5.74) is 1.79. The Morgan fingerprint density at radius 1 is 1.07 bits per heavy atom. The first kappa shape index (κ1) is 9.51. The van der Waals surface area contributed by atoms with Crippen LogP contribution >= 0.6 is 0 Å². The first-order chi connectivity index (χ1) is 6.79. The van der Waals surface area contributed by atoms with Crippen LogP contribution in [0.15, 0.2) is 36.4 Å². The minimum atomic E-state index is 0.468. The second-order valence-electron chi connectivity index (χ2n) is 4.61. The second-order valence-corrected chi connectivity index (χ2v) is 4.61. The largest absolute Gasteiger partial charge is 0.0780 e. The third kappa shape index (κ3) is 2.25. The van der Waals surface area contributed by atoms with Gasteiger partial charge in [-0.2, -0.15) is 0 Å². The number of benzene rings is 1. The van der Waals surface area contributed by atoms with Crippen LogP contribution in [0.1, 0.15) is 38.2 Å². The van der Waals surface area contributed by atoms with Crippen molar-refractivity contribution in [1.29, 1.82) is 0 Å². The average molecular weight is 186 g/mol. The molecule has 0 heterocycles. The molecule has 0 unspecified atom stereocenters. The van der Waals surface area contributed by atoms with E-state index >= 15 is 0 Å². The Balaban J connectivity index is 2.06. The maximum Gasteiger partial charge on any atom is -0.0143 e. The minimum Gasteiger partial charge on any atom is -0.0780 e. The van der Waals surface area contributed by atoms with E-state index in [1.54, 1.807) is 0 Å². The van der Waals surface area contributed by atoms with Crippen LogP contribution in [-0.4, -0.2) is 0 Å². The van der Waals surface area contributed by atoms with Crippen molar-refractivity contribution in [2.24, 2.45) is 5.41 Å². The molecule has 0 atom stereocenters.